The number of benzene rings is 2. The number of aliphatic imine (C=N–C) groups is 1. The topological polar surface area (TPSA) is 126 Å². The van der Waals surface area contributed by atoms with Gasteiger partial charge in [-0.2, -0.15) is 0 Å². The van der Waals surface area contributed by atoms with Crippen LogP contribution in [0.2, 0.25) is 0 Å². The summed E-state index contributed by atoms with van der Waals surface area (Å²) in [5.41, 5.74) is 11.9. The first-order chi connectivity index (χ1) is 21.7. The molecule has 0 fully saturated rings. The molecule has 4 rings (SSSR count). The number of aryl methyl sites for hydroxylation is 1. The number of amidine groups is 1. The molecule has 3 amide bonds. The number of anilines is 1. The number of carbonyl (C=O) groups is 3. The summed E-state index contributed by atoms with van der Waals surface area (Å²) in [6.45, 7) is 11.3. The second-order valence-electron chi connectivity index (χ2n) is 11.3. The number of ether oxygens (including phenoxy) is 1. The molecule has 1 atom stereocenters. The third-order valence-electron chi connectivity index (χ3n) is 7.74. The number of carbonyl (C=O) groups excluding carboxylic acids is 3. The predicted molar refractivity (Wildman–Crippen MR) is 178 cm³/mol. The fraction of sp³-hybridized carbons (Fsp3) is 0.333. The number of nitrogens with one attached hydrogen (secondary N) is 2. The maximum absolute atomic E-state index is 13.4. The number of nitrogens with zero attached hydrogens (tertiary/aromatic N) is 2. The van der Waals surface area contributed by atoms with Crippen molar-refractivity contribution in [3.8, 4) is 0 Å². The summed E-state index contributed by atoms with van der Waals surface area (Å²) in [5.74, 6) is -0.115. The number of hydrogen-bond donors (Lipinski definition) is 3. The Bertz CT molecular complexity index is 1550. The predicted octanol–water partition coefficient (Wildman–Crippen LogP) is 6.26. The molecule has 1 unspecified atom stereocenters. The van der Waals surface area contributed by atoms with Crippen LogP contribution in [0.1, 0.15) is 69.2 Å². The van der Waals surface area contributed by atoms with E-state index >= 15 is 0 Å². The molecule has 1 aliphatic carbocycles. The monoisotopic (exact) mass is 609 g/mol. The minimum atomic E-state index is -0.489. The lowest BCUT2D eigenvalue weighted by Gasteiger charge is -2.22. The molecule has 0 saturated heterocycles. The fourth-order valence-electron chi connectivity index (χ4n) is 5.51. The summed E-state index contributed by atoms with van der Waals surface area (Å²) in [7, 11) is 0. The number of hydrogen-bond acceptors (Lipinski definition) is 6. The molecule has 45 heavy (non-hydrogen) atoms. The van der Waals surface area contributed by atoms with Gasteiger partial charge in [0.2, 0.25) is 5.91 Å². The molecule has 0 aromatic heterocycles. The Morgan fingerprint density at radius 2 is 1.84 bits per heavy atom. The standard InChI is InChI=1S/C36H43N5O4/c1-5-17-41(18-6-2)35(43)28-19-24(4)32(39-33(37)21-28)20-26(7-3)34(42)38-29-15-13-27-14-16-31(30(27)22-29)40-36(44)45-23-25-11-9-8-10-12-25/h7-13,15,19-20,22,31H,3,5-6,14,16-18,21,23H2,1-2,4H3,(H2,37,39)(H,38,42)(H,40,44)/b26-20+. The van der Waals surface area contributed by atoms with Crippen LogP contribution in [0.3, 0.4) is 0 Å². The number of amides is 3. The highest BCUT2D eigenvalue weighted by Gasteiger charge is 2.25. The van der Waals surface area contributed by atoms with Crippen molar-refractivity contribution in [2.75, 3.05) is 18.4 Å². The van der Waals surface area contributed by atoms with Crippen LogP contribution in [0.25, 0.3) is 0 Å². The molecule has 9 heteroatoms. The van der Waals surface area contributed by atoms with Crippen molar-refractivity contribution in [1.29, 1.82) is 0 Å². The van der Waals surface area contributed by atoms with Gasteiger partial charge in [0.25, 0.3) is 5.91 Å². The molecular weight excluding hydrogens is 566 g/mol. The van der Waals surface area contributed by atoms with Gasteiger partial charge < -0.3 is 26.0 Å². The van der Waals surface area contributed by atoms with E-state index < -0.39 is 6.09 Å². The van der Waals surface area contributed by atoms with E-state index in [0.29, 0.717) is 41.5 Å². The molecule has 0 bridgehead atoms. The molecule has 0 saturated carbocycles. The molecule has 1 aliphatic heterocycles. The summed E-state index contributed by atoms with van der Waals surface area (Å²) in [4.78, 5) is 45.5. The lowest BCUT2D eigenvalue weighted by atomic mass is 10.1. The van der Waals surface area contributed by atoms with E-state index in [1.165, 1.54) is 6.08 Å². The maximum Gasteiger partial charge on any atom is 0.407 e. The highest BCUT2D eigenvalue weighted by Crippen LogP contribution is 2.33. The normalized spacial score (nSPS) is 16.2. The van der Waals surface area contributed by atoms with Gasteiger partial charge in [-0.05, 0) is 79.2 Å². The lowest BCUT2D eigenvalue weighted by molar-refractivity contribution is -0.127. The molecular formula is C36H43N5O4. The highest BCUT2D eigenvalue weighted by molar-refractivity contribution is 6.06. The molecule has 2 aromatic carbocycles. The number of fused-ring (bicyclic) bond motifs is 1. The summed E-state index contributed by atoms with van der Waals surface area (Å²) >= 11 is 0. The third-order valence-corrected chi connectivity index (χ3v) is 7.74. The zero-order valence-corrected chi connectivity index (χ0v) is 26.4. The van der Waals surface area contributed by atoms with Crippen LogP contribution in [0.4, 0.5) is 10.5 Å². The second kappa shape index (κ2) is 15.7. The van der Waals surface area contributed by atoms with Crippen molar-refractivity contribution < 1.29 is 19.1 Å². The van der Waals surface area contributed by atoms with Gasteiger partial charge in [-0.1, -0.05) is 62.9 Å². The van der Waals surface area contributed by atoms with Crippen LogP contribution >= 0.6 is 0 Å². The van der Waals surface area contributed by atoms with Crippen molar-refractivity contribution >= 4 is 29.4 Å². The first kappa shape index (κ1) is 33.0. The zero-order chi connectivity index (χ0) is 32.3. The van der Waals surface area contributed by atoms with Gasteiger partial charge in [-0.25, -0.2) is 9.79 Å². The molecule has 9 nitrogen and oxygen atoms in total. The van der Waals surface area contributed by atoms with E-state index in [1.807, 2.05) is 80.3 Å². The van der Waals surface area contributed by atoms with Gasteiger partial charge in [-0.15, -0.1) is 0 Å². The highest BCUT2D eigenvalue weighted by atomic mass is 16.5. The molecule has 1 heterocycles. The third kappa shape index (κ3) is 8.81. The van der Waals surface area contributed by atoms with Crippen molar-refractivity contribution in [1.82, 2.24) is 10.2 Å². The fourth-order valence-corrected chi connectivity index (χ4v) is 5.51. The Balaban J connectivity index is 1.47. The molecule has 2 aromatic rings. The Kier molecular flexibility index (Phi) is 11.5. The van der Waals surface area contributed by atoms with Crippen LogP contribution < -0.4 is 16.4 Å². The minimum absolute atomic E-state index is 0.0445. The molecule has 4 N–H and O–H groups in total. The van der Waals surface area contributed by atoms with E-state index in [0.717, 1.165) is 47.9 Å². The first-order valence-corrected chi connectivity index (χ1v) is 15.5. The summed E-state index contributed by atoms with van der Waals surface area (Å²) in [6.07, 6.45) is 7.94. The maximum atomic E-state index is 13.4. The van der Waals surface area contributed by atoms with Crippen LogP contribution in [0, 0.1) is 0 Å². The van der Waals surface area contributed by atoms with Crippen molar-refractivity contribution in [3.05, 3.63) is 112 Å². The largest absolute Gasteiger partial charge is 0.445 e. The van der Waals surface area contributed by atoms with E-state index in [1.54, 1.807) is 6.08 Å². The molecule has 0 spiro atoms. The van der Waals surface area contributed by atoms with E-state index in [9.17, 15) is 14.4 Å². The summed E-state index contributed by atoms with van der Waals surface area (Å²) < 4.78 is 5.41. The number of allylic oxidation sites excluding steroid dienone is 3. The number of rotatable bonds is 12. The Morgan fingerprint density at radius 3 is 2.53 bits per heavy atom. The Hall–Kier alpha value is -4.92. The van der Waals surface area contributed by atoms with Crippen molar-refractivity contribution in [2.24, 2.45) is 10.7 Å². The first-order valence-electron chi connectivity index (χ1n) is 15.5. The van der Waals surface area contributed by atoms with E-state index in [-0.39, 0.29) is 30.9 Å². The quantitative estimate of drug-likeness (QED) is 0.193. The Morgan fingerprint density at radius 1 is 1.11 bits per heavy atom. The van der Waals surface area contributed by atoms with E-state index in [2.05, 4.69) is 22.2 Å². The smallest absolute Gasteiger partial charge is 0.407 e. The van der Waals surface area contributed by atoms with Crippen LogP contribution in [0.5, 0.6) is 0 Å². The number of alkyl carbamates (subject to hydrolysis) is 1. The van der Waals surface area contributed by atoms with Crippen LogP contribution in [-0.4, -0.2) is 41.7 Å². The molecule has 0 radical (unpaired) electrons. The van der Waals surface area contributed by atoms with Gasteiger partial charge >= 0.3 is 6.09 Å². The zero-order valence-electron chi connectivity index (χ0n) is 26.4. The van der Waals surface area contributed by atoms with Crippen LogP contribution in [-0.2, 0) is 27.4 Å². The van der Waals surface area contributed by atoms with Crippen LogP contribution in [0.15, 0.2) is 101 Å². The summed E-state index contributed by atoms with van der Waals surface area (Å²) in [6, 6.07) is 15.0. The molecule has 236 valence electrons. The van der Waals surface area contributed by atoms with Crippen molar-refractivity contribution in [3.63, 3.8) is 0 Å². The minimum Gasteiger partial charge on any atom is -0.445 e. The van der Waals surface area contributed by atoms with Gasteiger partial charge in [0.15, 0.2) is 0 Å². The SMILES string of the molecule is C=C/C(=C\C1=C(C)C=C(C(=O)N(CCC)CCC)CC(N)=N1)C(=O)Nc1ccc2c(c1)C(NC(=O)OCc1ccccc1)CC2. The number of nitrogens with two attached hydrogens (primary N) is 1. The van der Waals surface area contributed by atoms with Gasteiger partial charge in [0.1, 0.15) is 12.4 Å². The second-order valence-corrected chi connectivity index (χ2v) is 11.3. The molecule has 2 aliphatic rings. The Labute approximate surface area is 265 Å². The van der Waals surface area contributed by atoms with Crippen molar-refractivity contribution in [2.45, 2.75) is 65.5 Å². The van der Waals surface area contributed by atoms with Gasteiger partial charge in [0.05, 0.1) is 11.7 Å². The lowest BCUT2D eigenvalue weighted by Crippen LogP contribution is -2.34. The average Bonchev–Trinajstić information content (AvgIpc) is 3.36. The average molecular weight is 610 g/mol. The van der Waals surface area contributed by atoms with Gasteiger partial charge in [0, 0.05) is 36.3 Å². The van der Waals surface area contributed by atoms with Gasteiger partial charge in [-0.3, -0.25) is 9.59 Å². The van der Waals surface area contributed by atoms with E-state index in [4.69, 9.17) is 10.5 Å². The summed E-state index contributed by atoms with van der Waals surface area (Å²) in [5, 5.41) is 5.90.